The molecule has 10 heteroatoms. The standard InChI is InChI=1S/C19H30N4O5S/c1-19(2,3)28-18(27)22-14(9-10-29-4)16(25)21-15(17(26)23-20)11-12-5-7-13(24)8-6-12/h5-8,14-15,24H,9-11,20H2,1-4H3,(H,21,25)(H,22,27)(H,23,26)/t14-,15-/m0/s1. The summed E-state index contributed by atoms with van der Waals surface area (Å²) in [7, 11) is 0. The van der Waals surface area contributed by atoms with E-state index >= 15 is 0 Å². The van der Waals surface area contributed by atoms with Crippen molar-refractivity contribution in [2.24, 2.45) is 5.84 Å². The third-order valence-electron chi connectivity index (χ3n) is 3.77. The second kappa shape index (κ2) is 11.5. The topological polar surface area (TPSA) is 143 Å². The lowest BCUT2D eigenvalue weighted by Gasteiger charge is -2.25. The summed E-state index contributed by atoms with van der Waals surface area (Å²) < 4.78 is 5.22. The van der Waals surface area contributed by atoms with Crippen LogP contribution < -0.4 is 21.9 Å². The first-order valence-corrected chi connectivity index (χ1v) is 10.5. The Morgan fingerprint density at radius 2 is 1.72 bits per heavy atom. The van der Waals surface area contributed by atoms with E-state index in [2.05, 4.69) is 10.6 Å². The van der Waals surface area contributed by atoms with Crippen molar-refractivity contribution in [2.45, 2.75) is 51.3 Å². The molecule has 0 radical (unpaired) electrons. The maximum Gasteiger partial charge on any atom is 0.408 e. The van der Waals surface area contributed by atoms with E-state index in [1.807, 2.05) is 11.7 Å². The Labute approximate surface area is 175 Å². The lowest BCUT2D eigenvalue weighted by Crippen LogP contribution is -2.55. The summed E-state index contributed by atoms with van der Waals surface area (Å²) in [6, 6.07) is 4.43. The number of carbonyl (C=O) groups is 3. The molecule has 1 rings (SSSR count). The molecule has 0 heterocycles. The third kappa shape index (κ3) is 9.53. The summed E-state index contributed by atoms with van der Waals surface area (Å²) in [5, 5.41) is 14.6. The number of rotatable bonds is 9. The monoisotopic (exact) mass is 426 g/mol. The molecule has 1 aromatic rings. The molecule has 2 atom stereocenters. The minimum Gasteiger partial charge on any atom is -0.508 e. The summed E-state index contributed by atoms with van der Waals surface area (Å²) in [5.41, 5.74) is 2.05. The largest absolute Gasteiger partial charge is 0.508 e. The first-order chi connectivity index (χ1) is 13.6. The number of phenolic OH excluding ortho intramolecular Hbond substituents is 1. The number of benzene rings is 1. The Kier molecular flexibility index (Phi) is 9.76. The number of hydrogen-bond acceptors (Lipinski definition) is 7. The van der Waals surface area contributed by atoms with Gasteiger partial charge >= 0.3 is 6.09 Å². The van der Waals surface area contributed by atoms with Crippen LogP contribution in [-0.2, 0) is 20.7 Å². The lowest BCUT2D eigenvalue weighted by molar-refractivity contribution is -0.130. The van der Waals surface area contributed by atoms with E-state index in [1.54, 1.807) is 32.9 Å². The first-order valence-electron chi connectivity index (χ1n) is 9.13. The van der Waals surface area contributed by atoms with Crippen molar-refractivity contribution in [3.63, 3.8) is 0 Å². The molecule has 0 bridgehead atoms. The SMILES string of the molecule is CSCC[C@H](NC(=O)OC(C)(C)C)C(=O)N[C@@H](Cc1ccc(O)cc1)C(=O)NN. The van der Waals surface area contributed by atoms with Crippen molar-refractivity contribution in [1.29, 1.82) is 0 Å². The van der Waals surface area contributed by atoms with Crippen molar-refractivity contribution in [1.82, 2.24) is 16.1 Å². The number of ether oxygens (including phenoxy) is 1. The van der Waals surface area contributed by atoms with Crippen molar-refractivity contribution >= 4 is 29.7 Å². The Hall–Kier alpha value is -2.46. The molecular formula is C19H30N4O5S. The van der Waals surface area contributed by atoms with Crippen LogP contribution in [0.2, 0.25) is 0 Å². The zero-order valence-corrected chi connectivity index (χ0v) is 18.0. The summed E-state index contributed by atoms with van der Waals surface area (Å²) >= 11 is 1.53. The van der Waals surface area contributed by atoms with Crippen molar-refractivity contribution < 1.29 is 24.2 Å². The molecule has 0 aromatic heterocycles. The molecule has 162 valence electrons. The zero-order chi connectivity index (χ0) is 22.0. The van der Waals surface area contributed by atoms with Crippen LogP contribution >= 0.6 is 11.8 Å². The minimum atomic E-state index is -0.950. The summed E-state index contributed by atoms with van der Waals surface area (Å²) in [5.74, 6) is 4.87. The molecule has 9 nitrogen and oxygen atoms in total. The number of hydrazine groups is 1. The second-order valence-electron chi connectivity index (χ2n) is 7.42. The summed E-state index contributed by atoms with van der Waals surface area (Å²) in [6.07, 6.45) is 1.70. The number of alkyl carbamates (subject to hydrolysis) is 1. The number of phenols is 1. The second-order valence-corrected chi connectivity index (χ2v) is 8.41. The lowest BCUT2D eigenvalue weighted by atomic mass is 10.0. The quantitative estimate of drug-likeness (QED) is 0.226. The van der Waals surface area contributed by atoms with Gasteiger partial charge in [-0.3, -0.25) is 15.0 Å². The highest BCUT2D eigenvalue weighted by Crippen LogP contribution is 2.12. The van der Waals surface area contributed by atoms with Gasteiger partial charge in [0.1, 0.15) is 23.4 Å². The van der Waals surface area contributed by atoms with Gasteiger partial charge in [-0.1, -0.05) is 12.1 Å². The molecular weight excluding hydrogens is 396 g/mol. The van der Waals surface area contributed by atoms with Gasteiger partial charge in [0.25, 0.3) is 5.91 Å². The molecule has 29 heavy (non-hydrogen) atoms. The number of carbonyl (C=O) groups excluding carboxylic acids is 3. The third-order valence-corrected chi connectivity index (χ3v) is 4.41. The van der Waals surface area contributed by atoms with E-state index in [1.165, 1.54) is 23.9 Å². The average Bonchev–Trinajstić information content (AvgIpc) is 2.64. The van der Waals surface area contributed by atoms with Crippen LogP contribution in [0.1, 0.15) is 32.8 Å². The fourth-order valence-electron chi connectivity index (χ4n) is 2.40. The molecule has 0 aliphatic rings. The molecule has 0 aliphatic heterocycles. The fourth-order valence-corrected chi connectivity index (χ4v) is 2.88. The van der Waals surface area contributed by atoms with Gasteiger partial charge in [-0.15, -0.1) is 0 Å². The Morgan fingerprint density at radius 1 is 1.10 bits per heavy atom. The van der Waals surface area contributed by atoms with Gasteiger partial charge in [0, 0.05) is 6.42 Å². The van der Waals surface area contributed by atoms with E-state index in [0.29, 0.717) is 12.2 Å². The normalized spacial score (nSPS) is 13.1. The van der Waals surface area contributed by atoms with Crippen molar-refractivity contribution in [3.05, 3.63) is 29.8 Å². The van der Waals surface area contributed by atoms with E-state index in [0.717, 1.165) is 5.56 Å². The fraction of sp³-hybridized carbons (Fsp3) is 0.526. The highest BCUT2D eigenvalue weighted by molar-refractivity contribution is 7.98. The van der Waals surface area contributed by atoms with Crippen LogP contribution in [0.15, 0.2) is 24.3 Å². The zero-order valence-electron chi connectivity index (χ0n) is 17.2. The molecule has 0 spiro atoms. The smallest absolute Gasteiger partial charge is 0.408 e. The van der Waals surface area contributed by atoms with E-state index in [-0.39, 0.29) is 12.2 Å². The van der Waals surface area contributed by atoms with Gasteiger partial charge in [0.2, 0.25) is 5.91 Å². The molecule has 0 fully saturated rings. The highest BCUT2D eigenvalue weighted by Gasteiger charge is 2.28. The van der Waals surface area contributed by atoms with Gasteiger partial charge in [0.15, 0.2) is 0 Å². The molecule has 1 aromatic carbocycles. The van der Waals surface area contributed by atoms with E-state index in [4.69, 9.17) is 10.6 Å². The molecule has 0 saturated carbocycles. The van der Waals surface area contributed by atoms with Crippen molar-refractivity contribution in [2.75, 3.05) is 12.0 Å². The van der Waals surface area contributed by atoms with Crippen molar-refractivity contribution in [3.8, 4) is 5.75 Å². The summed E-state index contributed by atoms with van der Waals surface area (Å²) in [6.45, 7) is 5.18. The number of amides is 3. The van der Waals surface area contributed by atoms with Crippen LogP contribution in [0.25, 0.3) is 0 Å². The predicted molar refractivity (Wildman–Crippen MR) is 112 cm³/mol. The molecule has 0 unspecified atom stereocenters. The molecule has 0 aliphatic carbocycles. The van der Waals surface area contributed by atoms with Crippen LogP contribution in [0.3, 0.4) is 0 Å². The number of aromatic hydroxyl groups is 1. The Balaban J connectivity index is 2.88. The molecule has 3 amide bonds. The number of hydrogen-bond donors (Lipinski definition) is 5. The van der Waals surface area contributed by atoms with Gasteiger partial charge in [-0.05, 0) is 56.9 Å². The van der Waals surface area contributed by atoms with Crippen LogP contribution in [0.5, 0.6) is 5.75 Å². The van der Waals surface area contributed by atoms with Gasteiger partial charge in [0.05, 0.1) is 0 Å². The Bertz CT molecular complexity index is 691. The van der Waals surface area contributed by atoms with Gasteiger partial charge < -0.3 is 20.5 Å². The molecule has 0 saturated heterocycles. The minimum absolute atomic E-state index is 0.0938. The molecule has 6 N–H and O–H groups in total. The number of thioether (sulfide) groups is 1. The van der Waals surface area contributed by atoms with Crippen LogP contribution in [0, 0.1) is 0 Å². The van der Waals surface area contributed by atoms with Crippen LogP contribution in [-0.4, -0.2) is 52.7 Å². The summed E-state index contributed by atoms with van der Waals surface area (Å²) in [4.78, 5) is 37.0. The maximum absolute atomic E-state index is 12.8. The van der Waals surface area contributed by atoms with E-state index in [9.17, 15) is 19.5 Å². The average molecular weight is 427 g/mol. The predicted octanol–water partition coefficient (Wildman–Crippen LogP) is 1.06. The maximum atomic E-state index is 12.8. The number of nitrogens with two attached hydrogens (primary N) is 1. The first kappa shape index (κ1) is 24.6. The van der Waals surface area contributed by atoms with Gasteiger partial charge in [-0.2, -0.15) is 11.8 Å². The highest BCUT2D eigenvalue weighted by atomic mass is 32.2. The number of nitrogens with one attached hydrogen (secondary N) is 3. The van der Waals surface area contributed by atoms with Crippen LogP contribution in [0.4, 0.5) is 4.79 Å². The Morgan fingerprint density at radius 3 is 2.24 bits per heavy atom. The van der Waals surface area contributed by atoms with Gasteiger partial charge in [-0.25, -0.2) is 10.6 Å². The van der Waals surface area contributed by atoms with E-state index < -0.39 is 35.6 Å².